The monoisotopic (exact) mass is 320 g/mol. The van der Waals surface area contributed by atoms with E-state index in [9.17, 15) is 4.57 Å². The summed E-state index contributed by atoms with van der Waals surface area (Å²) in [5.41, 5.74) is -0.100. The topological polar surface area (TPSA) is 55.8 Å². The molecule has 5 heteroatoms. The molecule has 1 aliphatic heterocycles. The van der Waals surface area contributed by atoms with E-state index in [4.69, 9.17) is 13.9 Å². The summed E-state index contributed by atoms with van der Waals surface area (Å²) in [6.45, 7) is 4.98. The quantitative estimate of drug-likeness (QED) is 0.406. The fourth-order valence-electron chi connectivity index (χ4n) is 2.74. The Kier molecular flexibility index (Phi) is 9.12. The molecule has 1 rings (SSSR count). The first-order valence-corrected chi connectivity index (χ1v) is 10.1. The zero-order chi connectivity index (χ0) is 15.6. The molecular formula is C16H33O4P. The Balaban J connectivity index is 1.93. The van der Waals surface area contributed by atoms with Gasteiger partial charge < -0.3 is 4.89 Å². The van der Waals surface area contributed by atoms with E-state index < -0.39 is 7.82 Å². The molecule has 1 aliphatic rings. The third-order valence-electron chi connectivity index (χ3n) is 4.29. The van der Waals surface area contributed by atoms with E-state index in [-0.39, 0.29) is 5.41 Å². The second-order valence-electron chi connectivity index (χ2n) is 6.76. The van der Waals surface area contributed by atoms with Gasteiger partial charge in [0.15, 0.2) is 0 Å². The van der Waals surface area contributed by atoms with Crippen LogP contribution in [-0.4, -0.2) is 18.1 Å². The number of hydrogen-bond acceptors (Lipinski definition) is 3. The second kappa shape index (κ2) is 9.99. The molecule has 126 valence electrons. The Hall–Kier alpha value is 0.110. The van der Waals surface area contributed by atoms with Crippen molar-refractivity contribution in [2.75, 3.05) is 13.2 Å². The molecule has 1 N–H and O–H groups in total. The third-order valence-corrected chi connectivity index (χ3v) is 5.20. The Morgan fingerprint density at radius 3 is 1.81 bits per heavy atom. The summed E-state index contributed by atoms with van der Waals surface area (Å²) in [6.07, 6.45) is 14.2. The molecule has 4 nitrogen and oxygen atoms in total. The van der Waals surface area contributed by atoms with Crippen molar-refractivity contribution in [3.8, 4) is 0 Å². The largest absolute Gasteiger partial charge is 0.472 e. The van der Waals surface area contributed by atoms with Gasteiger partial charge >= 0.3 is 7.82 Å². The molecule has 0 spiro atoms. The van der Waals surface area contributed by atoms with E-state index in [2.05, 4.69) is 13.8 Å². The van der Waals surface area contributed by atoms with E-state index in [1.54, 1.807) is 0 Å². The summed E-state index contributed by atoms with van der Waals surface area (Å²) in [4.78, 5) is 9.16. The molecule has 0 radical (unpaired) electrons. The van der Waals surface area contributed by atoms with Crippen LogP contribution in [0.25, 0.3) is 0 Å². The van der Waals surface area contributed by atoms with Gasteiger partial charge in [-0.15, -0.1) is 0 Å². The molecule has 0 aromatic carbocycles. The summed E-state index contributed by atoms with van der Waals surface area (Å²) in [6, 6.07) is 0. The first-order valence-electron chi connectivity index (χ1n) is 8.59. The van der Waals surface area contributed by atoms with Gasteiger partial charge in [0, 0.05) is 5.41 Å². The zero-order valence-electron chi connectivity index (χ0n) is 13.8. The van der Waals surface area contributed by atoms with Gasteiger partial charge in [0.05, 0.1) is 13.2 Å². The van der Waals surface area contributed by atoms with Gasteiger partial charge in [-0.25, -0.2) is 4.57 Å². The van der Waals surface area contributed by atoms with Crippen molar-refractivity contribution < 1.29 is 18.5 Å². The molecule has 0 unspecified atom stereocenters. The number of rotatable bonds is 11. The molecule has 0 amide bonds. The molecule has 1 saturated heterocycles. The molecular weight excluding hydrogens is 287 g/mol. The number of hydrogen-bond donors (Lipinski definition) is 1. The summed E-state index contributed by atoms with van der Waals surface area (Å²) < 4.78 is 21.0. The predicted molar refractivity (Wildman–Crippen MR) is 86.3 cm³/mol. The first-order chi connectivity index (χ1) is 9.97. The lowest BCUT2D eigenvalue weighted by Crippen LogP contribution is -2.32. The van der Waals surface area contributed by atoms with E-state index >= 15 is 0 Å². The van der Waals surface area contributed by atoms with Gasteiger partial charge in [0.2, 0.25) is 0 Å². The SMILES string of the molecule is CCCCCCCCCCCCC1(C)COP(=O)(O)OC1. The number of phosphoric ester groups is 1. The average molecular weight is 320 g/mol. The maximum Gasteiger partial charge on any atom is 0.472 e. The van der Waals surface area contributed by atoms with Crippen molar-refractivity contribution >= 4 is 7.82 Å². The average Bonchev–Trinajstić information content (AvgIpc) is 2.45. The number of unbranched alkanes of at least 4 members (excludes halogenated alkanes) is 9. The molecule has 21 heavy (non-hydrogen) atoms. The minimum atomic E-state index is -3.73. The zero-order valence-corrected chi connectivity index (χ0v) is 14.7. The molecule has 1 heterocycles. The van der Waals surface area contributed by atoms with Crippen molar-refractivity contribution in [3.05, 3.63) is 0 Å². The summed E-state index contributed by atoms with van der Waals surface area (Å²) in [5, 5.41) is 0. The van der Waals surface area contributed by atoms with Gasteiger partial charge in [-0.2, -0.15) is 0 Å². The highest BCUT2D eigenvalue weighted by atomic mass is 31.2. The maximum atomic E-state index is 11.2. The van der Waals surface area contributed by atoms with Crippen LogP contribution in [0.5, 0.6) is 0 Å². The first kappa shape index (κ1) is 19.2. The molecule has 0 saturated carbocycles. The highest BCUT2D eigenvalue weighted by molar-refractivity contribution is 7.47. The lowest BCUT2D eigenvalue weighted by atomic mass is 9.86. The van der Waals surface area contributed by atoms with Crippen LogP contribution >= 0.6 is 7.82 Å². The Labute approximate surface area is 130 Å². The fourth-order valence-corrected chi connectivity index (χ4v) is 3.76. The van der Waals surface area contributed by atoms with E-state index in [1.807, 2.05) is 0 Å². The maximum absolute atomic E-state index is 11.2. The van der Waals surface area contributed by atoms with Gasteiger partial charge in [-0.05, 0) is 6.42 Å². The lowest BCUT2D eigenvalue weighted by molar-refractivity contribution is -0.00145. The van der Waals surface area contributed by atoms with Crippen molar-refractivity contribution in [1.82, 2.24) is 0 Å². The van der Waals surface area contributed by atoms with Crippen molar-refractivity contribution in [3.63, 3.8) is 0 Å². The van der Waals surface area contributed by atoms with Crippen LogP contribution in [0.4, 0.5) is 0 Å². The minimum Gasteiger partial charge on any atom is -0.302 e. The molecule has 0 aromatic heterocycles. The van der Waals surface area contributed by atoms with Gasteiger partial charge in [-0.3, -0.25) is 9.05 Å². The van der Waals surface area contributed by atoms with Gasteiger partial charge in [-0.1, -0.05) is 78.1 Å². The molecule has 0 atom stereocenters. The van der Waals surface area contributed by atoms with Crippen LogP contribution in [-0.2, 0) is 13.6 Å². The van der Waals surface area contributed by atoms with Crippen LogP contribution in [0, 0.1) is 5.41 Å². The lowest BCUT2D eigenvalue weighted by Gasteiger charge is -2.34. The third kappa shape index (κ3) is 8.97. The van der Waals surface area contributed by atoms with Crippen molar-refractivity contribution in [1.29, 1.82) is 0 Å². The fraction of sp³-hybridized carbons (Fsp3) is 1.00. The molecule has 0 aromatic rings. The van der Waals surface area contributed by atoms with Crippen LogP contribution < -0.4 is 0 Å². The minimum absolute atomic E-state index is 0.100. The van der Waals surface area contributed by atoms with Crippen LogP contribution in [0.2, 0.25) is 0 Å². The summed E-state index contributed by atoms with van der Waals surface area (Å²) in [7, 11) is -3.73. The van der Waals surface area contributed by atoms with Gasteiger partial charge in [0.25, 0.3) is 0 Å². The van der Waals surface area contributed by atoms with E-state index in [1.165, 1.54) is 57.8 Å². The molecule has 0 bridgehead atoms. The Morgan fingerprint density at radius 1 is 0.905 bits per heavy atom. The van der Waals surface area contributed by atoms with Crippen molar-refractivity contribution in [2.24, 2.45) is 5.41 Å². The Morgan fingerprint density at radius 2 is 1.33 bits per heavy atom. The highest BCUT2D eigenvalue weighted by Crippen LogP contribution is 2.50. The summed E-state index contributed by atoms with van der Waals surface area (Å²) >= 11 is 0. The van der Waals surface area contributed by atoms with E-state index in [0.717, 1.165) is 12.8 Å². The van der Waals surface area contributed by atoms with E-state index in [0.29, 0.717) is 13.2 Å². The normalized spacial score (nSPS) is 29.7. The van der Waals surface area contributed by atoms with Crippen LogP contribution in [0.15, 0.2) is 0 Å². The van der Waals surface area contributed by atoms with Crippen LogP contribution in [0.1, 0.15) is 84.5 Å². The van der Waals surface area contributed by atoms with Crippen LogP contribution in [0.3, 0.4) is 0 Å². The molecule has 1 fully saturated rings. The number of phosphoric acid groups is 1. The Bertz CT molecular complexity index is 307. The summed E-state index contributed by atoms with van der Waals surface area (Å²) in [5.74, 6) is 0. The van der Waals surface area contributed by atoms with Crippen molar-refractivity contribution in [2.45, 2.75) is 84.5 Å². The van der Waals surface area contributed by atoms with Gasteiger partial charge in [0.1, 0.15) is 0 Å². The second-order valence-corrected chi connectivity index (χ2v) is 8.21. The highest BCUT2D eigenvalue weighted by Gasteiger charge is 2.37. The predicted octanol–water partition coefficient (Wildman–Crippen LogP) is 5.45. The molecule has 0 aliphatic carbocycles. The smallest absolute Gasteiger partial charge is 0.302 e. The standard InChI is InChI=1S/C16H33O4P/c1-3-4-5-6-7-8-9-10-11-12-13-16(2)14-19-21(17,18)20-15-16/h3-15H2,1-2H3,(H,17,18).